The van der Waals surface area contributed by atoms with Crippen molar-refractivity contribution in [2.24, 2.45) is 0 Å². The van der Waals surface area contributed by atoms with Crippen molar-refractivity contribution in [2.75, 3.05) is 0 Å². The van der Waals surface area contributed by atoms with Gasteiger partial charge in [-0.3, -0.25) is 4.79 Å². The second kappa shape index (κ2) is 6.43. The number of benzene rings is 2. The summed E-state index contributed by atoms with van der Waals surface area (Å²) in [4.78, 5) is 12.1. The lowest BCUT2D eigenvalue weighted by Crippen LogP contribution is -2.07. The molecule has 0 aromatic heterocycles. The maximum atomic E-state index is 12.1. The molecule has 0 amide bonds. The minimum absolute atomic E-state index is 0.174. The molecule has 0 radical (unpaired) electrons. The van der Waals surface area contributed by atoms with E-state index in [4.69, 9.17) is 23.2 Å². The fourth-order valence-electron chi connectivity index (χ4n) is 2.34. The summed E-state index contributed by atoms with van der Waals surface area (Å²) in [5, 5.41) is 1.00. The average Bonchev–Trinajstić information content (AvgIpc) is 2.32. The van der Waals surface area contributed by atoms with Crippen molar-refractivity contribution < 1.29 is 4.79 Å². The zero-order chi connectivity index (χ0) is 14.7. The van der Waals surface area contributed by atoms with Crippen molar-refractivity contribution in [1.29, 1.82) is 0 Å². The highest BCUT2D eigenvalue weighted by molar-refractivity contribution is 6.42. The number of hydrogen-bond donors (Lipinski definition) is 0. The van der Waals surface area contributed by atoms with Gasteiger partial charge in [-0.15, -0.1) is 0 Å². The van der Waals surface area contributed by atoms with E-state index in [2.05, 4.69) is 18.2 Å². The Morgan fingerprint density at radius 3 is 2.05 bits per heavy atom. The predicted molar refractivity (Wildman–Crippen MR) is 84.8 cm³/mol. The third kappa shape index (κ3) is 4.09. The summed E-state index contributed by atoms with van der Waals surface area (Å²) in [5.74, 6) is 0.174. The Kier molecular flexibility index (Phi) is 4.85. The molecular weight excluding hydrogens is 291 g/mol. The highest BCUT2D eigenvalue weighted by atomic mass is 35.5. The Morgan fingerprint density at radius 2 is 1.45 bits per heavy atom. The Labute approximate surface area is 129 Å². The molecule has 2 aromatic carbocycles. The van der Waals surface area contributed by atoms with Crippen molar-refractivity contribution in [3.63, 3.8) is 0 Å². The molecule has 20 heavy (non-hydrogen) atoms. The molecule has 104 valence electrons. The molecule has 0 bridgehead atoms. The molecule has 2 aromatic rings. The summed E-state index contributed by atoms with van der Waals surface area (Å²) >= 11 is 11.8. The first kappa shape index (κ1) is 15.1. The average molecular weight is 307 g/mol. The molecule has 0 N–H and O–H groups in total. The van der Waals surface area contributed by atoms with Crippen molar-refractivity contribution >= 4 is 29.0 Å². The van der Waals surface area contributed by atoms with Gasteiger partial charge in [-0.05, 0) is 37.1 Å². The number of carbonyl (C=O) groups is 1. The smallest absolute Gasteiger partial charge is 0.141 e. The van der Waals surface area contributed by atoms with E-state index in [-0.39, 0.29) is 5.78 Å². The van der Waals surface area contributed by atoms with Crippen LogP contribution in [-0.4, -0.2) is 5.78 Å². The van der Waals surface area contributed by atoms with Gasteiger partial charge >= 0.3 is 0 Å². The molecule has 0 saturated carbocycles. The monoisotopic (exact) mass is 306 g/mol. The molecule has 0 aliphatic carbocycles. The molecule has 0 saturated heterocycles. The van der Waals surface area contributed by atoms with Gasteiger partial charge in [0, 0.05) is 12.8 Å². The van der Waals surface area contributed by atoms with Crippen LogP contribution < -0.4 is 0 Å². The highest BCUT2D eigenvalue weighted by Crippen LogP contribution is 2.23. The molecule has 0 spiro atoms. The third-order valence-corrected chi connectivity index (χ3v) is 3.81. The quantitative estimate of drug-likeness (QED) is 0.780. The van der Waals surface area contributed by atoms with E-state index in [1.165, 1.54) is 11.1 Å². The summed E-state index contributed by atoms with van der Waals surface area (Å²) < 4.78 is 0. The van der Waals surface area contributed by atoms with Crippen LogP contribution in [0, 0.1) is 13.8 Å². The van der Waals surface area contributed by atoms with Gasteiger partial charge in [0.15, 0.2) is 0 Å². The van der Waals surface area contributed by atoms with Crippen LogP contribution in [0.15, 0.2) is 36.4 Å². The Bertz CT molecular complexity index is 627. The van der Waals surface area contributed by atoms with Crippen molar-refractivity contribution in [3.8, 4) is 0 Å². The molecule has 0 unspecified atom stereocenters. The number of hydrogen-bond acceptors (Lipinski definition) is 1. The molecular formula is C17H16Cl2O. The molecule has 0 fully saturated rings. The molecule has 0 atom stereocenters. The second-order valence-electron chi connectivity index (χ2n) is 5.14. The van der Waals surface area contributed by atoms with E-state index < -0.39 is 0 Å². The number of ketones is 1. The van der Waals surface area contributed by atoms with Crippen molar-refractivity contribution in [2.45, 2.75) is 26.7 Å². The Balaban J connectivity index is 2.06. The molecule has 0 aliphatic heterocycles. The summed E-state index contributed by atoms with van der Waals surface area (Å²) in [7, 11) is 0. The normalized spacial score (nSPS) is 10.6. The molecule has 3 heteroatoms. The van der Waals surface area contributed by atoms with Crippen LogP contribution in [0.4, 0.5) is 0 Å². The van der Waals surface area contributed by atoms with Gasteiger partial charge in [0.05, 0.1) is 10.0 Å². The standard InChI is InChI=1S/C17H16Cl2O/c1-11-5-12(2)7-14(6-11)9-15(20)8-13-3-4-16(18)17(19)10-13/h3-7,10H,8-9H2,1-2H3. The van der Waals surface area contributed by atoms with Crippen LogP contribution in [0.1, 0.15) is 22.3 Å². The predicted octanol–water partition coefficient (Wildman–Crippen LogP) is 4.96. The molecule has 0 aliphatic rings. The van der Waals surface area contributed by atoms with Gasteiger partial charge in [0.2, 0.25) is 0 Å². The maximum absolute atomic E-state index is 12.1. The van der Waals surface area contributed by atoms with Crippen LogP contribution in [-0.2, 0) is 17.6 Å². The maximum Gasteiger partial charge on any atom is 0.141 e. The number of carbonyl (C=O) groups excluding carboxylic acids is 1. The number of rotatable bonds is 4. The lowest BCUT2D eigenvalue weighted by Gasteiger charge is -2.06. The lowest BCUT2D eigenvalue weighted by molar-refractivity contribution is -0.117. The first-order valence-electron chi connectivity index (χ1n) is 6.47. The lowest BCUT2D eigenvalue weighted by atomic mass is 10.00. The van der Waals surface area contributed by atoms with Crippen molar-refractivity contribution in [1.82, 2.24) is 0 Å². The third-order valence-electron chi connectivity index (χ3n) is 3.07. The first-order chi connectivity index (χ1) is 9.44. The van der Waals surface area contributed by atoms with Crippen LogP contribution >= 0.6 is 23.2 Å². The highest BCUT2D eigenvalue weighted by Gasteiger charge is 2.08. The van der Waals surface area contributed by atoms with E-state index in [1.54, 1.807) is 12.1 Å². The molecule has 0 heterocycles. The van der Waals surface area contributed by atoms with Gasteiger partial charge < -0.3 is 0 Å². The van der Waals surface area contributed by atoms with E-state index in [0.717, 1.165) is 11.1 Å². The zero-order valence-electron chi connectivity index (χ0n) is 11.5. The topological polar surface area (TPSA) is 17.1 Å². The summed E-state index contributed by atoms with van der Waals surface area (Å²) in [6, 6.07) is 11.5. The summed E-state index contributed by atoms with van der Waals surface area (Å²) in [5.41, 5.74) is 4.33. The summed E-state index contributed by atoms with van der Waals surface area (Å²) in [6.07, 6.45) is 0.826. The van der Waals surface area contributed by atoms with E-state index >= 15 is 0 Å². The molecule has 2 rings (SSSR count). The number of aryl methyl sites for hydroxylation is 2. The SMILES string of the molecule is Cc1cc(C)cc(CC(=O)Cc2ccc(Cl)c(Cl)c2)c1. The largest absolute Gasteiger partial charge is 0.299 e. The Morgan fingerprint density at radius 1 is 0.850 bits per heavy atom. The van der Waals surface area contributed by atoms with E-state index in [1.807, 2.05) is 19.9 Å². The van der Waals surface area contributed by atoms with Gasteiger partial charge in [-0.1, -0.05) is 58.6 Å². The summed E-state index contributed by atoms with van der Waals surface area (Å²) in [6.45, 7) is 4.08. The Hall–Kier alpha value is -1.31. The van der Waals surface area contributed by atoms with Crippen molar-refractivity contribution in [3.05, 3.63) is 68.7 Å². The zero-order valence-corrected chi connectivity index (χ0v) is 13.1. The first-order valence-corrected chi connectivity index (χ1v) is 7.22. The van der Waals surface area contributed by atoms with E-state index in [0.29, 0.717) is 22.9 Å². The number of Topliss-reactive ketones (excluding diaryl/α,β-unsaturated/α-hetero) is 1. The van der Waals surface area contributed by atoms with Crippen LogP contribution in [0.3, 0.4) is 0 Å². The minimum atomic E-state index is 0.174. The number of halogens is 2. The van der Waals surface area contributed by atoms with E-state index in [9.17, 15) is 4.79 Å². The van der Waals surface area contributed by atoms with Gasteiger partial charge in [-0.2, -0.15) is 0 Å². The van der Waals surface area contributed by atoms with Gasteiger partial charge in [-0.25, -0.2) is 0 Å². The van der Waals surface area contributed by atoms with Crippen LogP contribution in [0.25, 0.3) is 0 Å². The fourth-order valence-corrected chi connectivity index (χ4v) is 2.66. The van der Waals surface area contributed by atoms with Crippen LogP contribution in [0.5, 0.6) is 0 Å². The van der Waals surface area contributed by atoms with Crippen LogP contribution in [0.2, 0.25) is 10.0 Å². The van der Waals surface area contributed by atoms with Gasteiger partial charge in [0.25, 0.3) is 0 Å². The molecule has 1 nitrogen and oxygen atoms in total. The second-order valence-corrected chi connectivity index (χ2v) is 5.95. The fraction of sp³-hybridized carbons (Fsp3) is 0.235. The van der Waals surface area contributed by atoms with Gasteiger partial charge in [0.1, 0.15) is 5.78 Å². The minimum Gasteiger partial charge on any atom is -0.299 e.